The average Bonchev–Trinajstić information content (AvgIpc) is 2.80. The fraction of sp³-hybridized carbons (Fsp3) is 0.600. The van der Waals surface area contributed by atoms with Gasteiger partial charge in [-0.25, -0.2) is 0 Å². The molecule has 1 saturated carbocycles. The Morgan fingerprint density at radius 1 is 1.24 bits per heavy atom. The van der Waals surface area contributed by atoms with Crippen LogP contribution in [0.25, 0.3) is 0 Å². The van der Waals surface area contributed by atoms with Crippen molar-refractivity contribution in [1.82, 2.24) is 0 Å². The third-order valence-corrected chi connectivity index (χ3v) is 3.44. The van der Waals surface area contributed by atoms with Gasteiger partial charge in [-0.15, -0.1) is 0 Å². The second kappa shape index (κ2) is 6.06. The molecule has 0 aliphatic heterocycles. The summed E-state index contributed by atoms with van der Waals surface area (Å²) in [4.78, 5) is 0. The first kappa shape index (κ1) is 12.4. The fourth-order valence-corrected chi connectivity index (χ4v) is 2.48. The highest BCUT2D eigenvalue weighted by molar-refractivity contribution is 5.27. The number of hydrogen-bond acceptors (Lipinski definition) is 2. The first-order valence-corrected chi connectivity index (χ1v) is 6.71. The van der Waals surface area contributed by atoms with Crippen LogP contribution < -0.4 is 10.5 Å². The molecule has 2 heteroatoms. The molecular weight excluding hydrogens is 210 g/mol. The molecule has 0 radical (unpaired) electrons. The highest BCUT2D eigenvalue weighted by Gasteiger charge is 2.15. The van der Waals surface area contributed by atoms with E-state index in [2.05, 4.69) is 24.3 Å². The third-order valence-electron chi connectivity index (χ3n) is 3.44. The van der Waals surface area contributed by atoms with Crippen molar-refractivity contribution in [3.63, 3.8) is 0 Å². The van der Waals surface area contributed by atoms with Crippen molar-refractivity contribution in [2.24, 2.45) is 11.7 Å². The van der Waals surface area contributed by atoms with E-state index in [9.17, 15) is 0 Å². The molecule has 0 heterocycles. The van der Waals surface area contributed by atoms with Gasteiger partial charge in [-0.05, 0) is 49.8 Å². The Labute approximate surface area is 104 Å². The van der Waals surface area contributed by atoms with Gasteiger partial charge in [0.2, 0.25) is 0 Å². The van der Waals surface area contributed by atoms with E-state index in [-0.39, 0.29) is 6.04 Å². The zero-order valence-corrected chi connectivity index (χ0v) is 10.7. The Morgan fingerprint density at radius 3 is 2.47 bits per heavy atom. The molecule has 0 amide bonds. The summed E-state index contributed by atoms with van der Waals surface area (Å²) in [5, 5.41) is 0. The Hall–Kier alpha value is -1.02. The minimum absolute atomic E-state index is 0.222. The Bertz CT molecular complexity index is 325. The average molecular weight is 233 g/mol. The second-order valence-corrected chi connectivity index (χ2v) is 5.29. The van der Waals surface area contributed by atoms with Crippen LogP contribution in [0.2, 0.25) is 0 Å². The predicted molar refractivity (Wildman–Crippen MR) is 71.2 cm³/mol. The Kier molecular flexibility index (Phi) is 4.43. The molecule has 2 rings (SSSR count). The van der Waals surface area contributed by atoms with Crippen LogP contribution in [0, 0.1) is 5.92 Å². The van der Waals surface area contributed by atoms with Crippen LogP contribution in [0.15, 0.2) is 24.3 Å². The summed E-state index contributed by atoms with van der Waals surface area (Å²) in [6.45, 7) is 2.91. The Morgan fingerprint density at radius 2 is 1.88 bits per heavy atom. The molecule has 0 aromatic heterocycles. The molecule has 1 aromatic rings. The lowest BCUT2D eigenvalue weighted by Crippen LogP contribution is -2.17. The second-order valence-electron chi connectivity index (χ2n) is 5.29. The number of nitrogens with two attached hydrogens (primary N) is 1. The van der Waals surface area contributed by atoms with Gasteiger partial charge in [0.25, 0.3) is 0 Å². The van der Waals surface area contributed by atoms with Gasteiger partial charge < -0.3 is 10.5 Å². The van der Waals surface area contributed by atoms with Gasteiger partial charge in [-0.3, -0.25) is 0 Å². The van der Waals surface area contributed by atoms with Gasteiger partial charge in [-0.2, -0.15) is 0 Å². The summed E-state index contributed by atoms with van der Waals surface area (Å²) in [6, 6.07) is 8.58. The molecule has 94 valence electrons. The molecule has 2 nitrogen and oxygen atoms in total. The number of hydrogen-bond donors (Lipinski definition) is 1. The first-order valence-electron chi connectivity index (χ1n) is 6.71. The fourth-order valence-electron chi connectivity index (χ4n) is 2.48. The standard InChI is InChI=1S/C15H23NO/c1-12(16)10-13-6-8-15(9-7-13)17-11-14-4-2-3-5-14/h6-9,12,14H,2-5,10-11,16H2,1H3. The van der Waals surface area contributed by atoms with E-state index in [1.165, 1.54) is 31.2 Å². The van der Waals surface area contributed by atoms with Gasteiger partial charge in [0.15, 0.2) is 0 Å². The maximum Gasteiger partial charge on any atom is 0.119 e. The van der Waals surface area contributed by atoms with E-state index in [1.807, 2.05) is 6.92 Å². The van der Waals surface area contributed by atoms with E-state index in [4.69, 9.17) is 10.5 Å². The van der Waals surface area contributed by atoms with Gasteiger partial charge in [0.1, 0.15) is 5.75 Å². The quantitative estimate of drug-likeness (QED) is 0.848. The summed E-state index contributed by atoms with van der Waals surface area (Å²) >= 11 is 0. The summed E-state index contributed by atoms with van der Waals surface area (Å²) in [5.41, 5.74) is 7.06. The third kappa shape index (κ3) is 4.04. The predicted octanol–water partition coefficient (Wildman–Crippen LogP) is 3.15. The highest BCUT2D eigenvalue weighted by Crippen LogP contribution is 2.25. The molecule has 1 aromatic carbocycles. The molecule has 1 unspecified atom stereocenters. The van der Waals surface area contributed by atoms with Crippen LogP contribution in [-0.4, -0.2) is 12.6 Å². The summed E-state index contributed by atoms with van der Waals surface area (Å²) in [6.07, 6.45) is 6.36. The summed E-state index contributed by atoms with van der Waals surface area (Å²) in [7, 11) is 0. The maximum absolute atomic E-state index is 5.82. The molecule has 2 N–H and O–H groups in total. The van der Waals surface area contributed by atoms with Crippen LogP contribution in [0.3, 0.4) is 0 Å². The van der Waals surface area contributed by atoms with Crippen molar-refractivity contribution >= 4 is 0 Å². The molecule has 1 aliphatic rings. The molecular formula is C15H23NO. The van der Waals surface area contributed by atoms with Crippen LogP contribution in [0.4, 0.5) is 0 Å². The van der Waals surface area contributed by atoms with Gasteiger partial charge in [0, 0.05) is 6.04 Å². The van der Waals surface area contributed by atoms with E-state index in [0.717, 1.165) is 24.7 Å². The van der Waals surface area contributed by atoms with Crippen molar-refractivity contribution in [3.8, 4) is 5.75 Å². The van der Waals surface area contributed by atoms with E-state index < -0.39 is 0 Å². The van der Waals surface area contributed by atoms with Crippen LogP contribution in [-0.2, 0) is 6.42 Å². The molecule has 0 saturated heterocycles. The Balaban J connectivity index is 1.80. The maximum atomic E-state index is 5.82. The van der Waals surface area contributed by atoms with Crippen molar-refractivity contribution in [1.29, 1.82) is 0 Å². The zero-order chi connectivity index (χ0) is 12.1. The lowest BCUT2D eigenvalue weighted by Gasteiger charge is -2.12. The normalized spacial score (nSPS) is 18.2. The van der Waals surface area contributed by atoms with Crippen LogP contribution in [0.5, 0.6) is 5.75 Å². The molecule has 1 aliphatic carbocycles. The lowest BCUT2D eigenvalue weighted by atomic mass is 10.1. The molecule has 1 atom stereocenters. The molecule has 0 spiro atoms. The van der Waals surface area contributed by atoms with E-state index in [1.54, 1.807) is 0 Å². The smallest absolute Gasteiger partial charge is 0.119 e. The highest BCUT2D eigenvalue weighted by atomic mass is 16.5. The zero-order valence-electron chi connectivity index (χ0n) is 10.7. The van der Waals surface area contributed by atoms with Crippen molar-refractivity contribution < 1.29 is 4.74 Å². The molecule has 17 heavy (non-hydrogen) atoms. The topological polar surface area (TPSA) is 35.2 Å². The number of ether oxygens (including phenoxy) is 1. The SMILES string of the molecule is CC(N)Cc1ccc(OCC2CCCC2)cc1. The number of rotatable bonds is 5. The lowest BCUT2D eigenvalue weighted by molar-refractivity contribution is 0.252. The largest absolute Gasteiger partial charge is 0.493 e. The van der Waals surface area contributed by atoms with Gasteiger partial charge >= 0.3 is 0 Å². The van der Waals surface area contributed by atoms with E-state index >= 15 is 0 Å². The van der Waals surface area contributed by atoms with E-state index in [0.29, 0.717) is 0 Å². The van der Waals surface area contributed by atoms with Gasteiger partial charge in [0.05, 0.1) is 6.61 Å². The monoisotopic (exact) mass is 233 g/mol. The van der Waals surface area contributed by atoms with Crippen LogP contribution in [0.1, 0.15) is 38.2 Å². The minimum Gasteiger partial charge on any atom is -0.493 e. The van der Waals surface area contributed by atoms with Crippen molar-refractivity contribution in [3.05, 3.63) is 29.8 Å². The summed E-state index contributed by atoms with van der Waals surface area (Å²) < 4.78 is 5.82. The van der Waals surface area contributed by atoms with Crippen LogP contribution >= 0.6 is 0 Å². The van der Waals surface area contributed by atoms with Crippen molar-refractivity contribution in [2.45, 2.75) is 45.1 Å². The summed E-state index contributed by atoms with van der Waals surface area (Å²) in [5.74, 6) is 1.77. The van der Waals surface area contributed by atoms with Gasteiger partial charge in [-0.1, -0.05) is 25.0 Å². The first-order chi connectivity index (χ1) is 8.24. The minimum atomic E-state index is 0.222. The molecule has 1 fully saturated rings. The number of benzene rings is 1. The molecule has 0 bridgehead atoms. The van der Waals surface area contributed by atoms with Crippen molar-refractivity contribution in [2.75, 3.05) is 6.61 Å².